The van der Waals surface area contributed by atoms with E-state index in [0.717, 1.165) is 0 Å². The third kappa shape index (κ3) is 5.53. The van der Waals surface area contributed by atoms with Crippen molar-refractivity contribution in [1.82, 2.24) is 5.32 Å². The zero-order chi connectivity index (χ0) is 18.4. The Morgan fingerprint density at radius 1 is 1.32 bits per heavy atom. The van der Waals surface area contributed by atoms with Crippen LogP contribution in [0.25, 0.3) is 0 Å². The van der Waals surface area contributed by atoms with Crippen LogP contribution in [0.4, 0.5) is 4.39 Å². The summed E-state index contributed by atoms with van der Waals surface area (Å²) >= 11 is 6.72. The van der Waals surface area contributed by atoms with Crippen LogP contribution in [0.5, 0.6) is 11.5 Å². The molecule has 0 atom stereocenters. The lowest BCUT2D eigenvalue weighted by Crippen LogP contribution is -2.34. The molecule has 2 aromatic carbocycles. The smallest absolute Gasteiger partial charge is 0.257 e. The third-order valence-corrected chi connectivity index (χ3v) is 3.98. The molecule has 25 heavy (non-hydrogen) atoms. The minimum atomic E-state index is -0.428. The Morgan fingerprint density at radius 2 is 2.08 bits per heavy atom. The molecule has 0 fully saturated rings. The van der Waals surface area contributed by atoms with Gasteiger partial charge in [0.2, 0.25) is 0 Å². The molecule has 0 bridgehead atoms. The van der Waals surface area contributed by atoms with E-state index in [1.807, 2.05) is 29.5 Å². The van der Waals surface area contributed by atoms with Crippen molar-refractivity contribution < 1.29 is 18.7 Å². The van der Waals surface area contributed by atoms with E-state index in [9.17, 15) is 9.18 Å². The molecule has 5 nitrogen and oxygen atoms in total. The number of carbonyl (C=O) groups is 1. The van der Waals surface area contributed by atoms with Gasteiger partial charge in [0.05, 0.1) is 10.2 Å². The average Bonchev–Trinajstić information content (AvgIpc) is 2.53. The summed E-state index contributed by atoms with van der Waals surface area (Å²) in [6, 6.07) is 9.34. The van der Waals surface area contributed by atoms with Gasteiger partial charge in [-0.15, -0.1) is 0 Å². The first-order chi connectivity index (χ1) is 11.9. The molecule has 2 aromatic rings. The number of rotatable bonds is 6. The first-order valence-electron chi connectivity index (χ1n) is 7.35. The predicted molar refractivity (Wildman–Crippen MR) is 105 cm³/mol. The summed E-state index contributed by atoms with van der Waals surface area (Å²) in [5.74, 6) is 0.145. The molecule has 0 aliphatic rings. The second kappa shape index (κ2) is 8.95. The van der Waals surface area contributed by atoms with Gasteiger partial charge in [-0.2, -0.15) is 0 Å². The van der Waals surface area contributed by atoms with E-state index in [0.29, 0.717) is 32.8 Å². The van der Waals surface area contributed by atoms with Crippen molar-refractivity contribution >= 4 is 45.8 Å². The van der Waals surface area contributed by atoms with E-state index in [1.54, 1.807) is 24.3 Å². The van der Waals surface area contributed by atoms with Crippen molar-refractivity contribution in [3.8, 4) is 11.5 Å². The van der Waals surface area contributed by atoms with Crippen molar-refractivity contribution in [2.75, 3.05) is 6.61 Å². The fourth-order valence-electron chi connectivity index (χ4n) is 2.07. The summed E-state index contributed by atoms with van der Waals surface area (Å²) in [6.45, 7) is 2.39. The van der Waals surface area contributed by atoms with E-state index < -0.39 is 5.91 Å². The molecule has 0 spiro atoms. The number of amides is 1. The van der Waals surface area contributed by atoms with Crippen LogP contribution in [0.15, 0.2) is 36.4 Å². The molecule has 0 aliphatic heterocycles. The summed E-state index contributed by atoms with van der Waals surface area (Å²) < 4.78 is 25.3. The Bertz CT molecular complexity index is 801. The summed E-state index contributed by atoms with van der Waals surface area (Å²) in [7, 11) is 0. The second-order valence-corrected chi connectivity index (χ2v) is 6.56. The minimum Gasteiger partial charge on any atom is -0.490 e. The van der Waals surface area contributed by atoms with Gasteiger partial charge in [0, 0.05) is 5.56 Å². The van der Waals surface area contributed by atoms with E-state index in [-0.39, 0.29) is 17.5 Å². The van der Waals surface area contributed by atoms with Crippen LogP contribution in [0.1, 0.15) is 22.8 Å². The molecule has 132 valence electrons. The van der Waals surface area contributed by atoms with Gasteiger partial charge < -0.3 is 15.2 Å². The highest BCUT2D eigenvalue weighted by molar-refractivity contribution is 14.1. The number of nitrogens with two attached hydrogens (primary N) is 1. The molecule has 3 N–H and O–H groups in total. The van der Waals surface area contributed by atoms with Gasteiger partial charge in [-0.1, -0.05) is 12.1 Å². The number of halogens is 2. The van der Waals surface area contributed by atoms with E-state index in [4.69, 9.17) is 15.2 Å². The normalized spacial score (nSPS) is 10.2. The molecule has 0 saturated heterocycles. The molecule has 8 heteroatoms. The Hall–Kier alpha value is -1.94. The lowest BCUT2D eigenvalue weighted by atomic mass is 10.2. The fraction of sp³-hybridized carbons (Fsp3) is 0.176. The molecule has 2 rings (SSSR count). The number of benzene rings is 2. The number of nitrogens with one attached hydrogen (secondary N) is 1. The molecular formula is C17H16FIN2O3S. The number of hydrogen-bond donors (Lipinski definition) is 2. The van der Waals surface area contributed by atoms with Crippen molar-refractivity contribution in [3.05, 3.63) is 56.9 Å². The highest BCUT2D eigenvalue weighted by atomic mass is 127. The molecule has 0 aromatic heterocycles. The topological polar surface area (TPSA) is 73.6 Å². The molecule has 0 heterocycles. The number of carbonyl (C=O) groups excluding carboxylic acids is 1. The zero-order valence-corrected chi connectivity index (χ0v) is 16.3. The van der Waals surface area contributed by atoms with Gasteiger partial charge in [-0.25, -0.2) is 4.39 Å². The highest BCUT2D eigenvalue weighted by Gasteiger charge is 2.16. The Labute approximate surface area is 163 Å². The standard InChI is InChI=1S/C17H16FIN2O3S/c1-2-23-14-8-11(16(22)21-17(20)25)7-13(19)15(14)24-9-10-4-3-5-12(18)6-10/h3-8H,2,9H2,1H3,(H3,20,21,22,25). The van der Waals surface area contributed by atoms with Gasteiger partial charge in [0.15, 0.2) is 16.6 Å². The van der Waals surface area contributed by atoms with Crippen LogP contribution in [0.3, 0.4) is 0 Å². The van der Waals surface area contributed by atoms with Crippen LogP contribution in [0, 0.1) is 9.39 Å². The molecule has 0 unspecified atom stereocenters. The van der Waals surface area contributed by atoms with Crippen LogP contribution >= 0.6 is 34.8 Å². The van der Waals surface area contributed by atoms with Gasteiger partial charge >= 0.3 is 0 Å². The molecule has 0 radical (unpaired) electrons. The summed E-state index contributed by atoms with van der Waals surface area (Å²) in [5.41, 5.74) is 6.37. The van der Waals surface area contributed by atoms with Crippen LogP contribution in [-0.4, -0.2) is 17.6 Å². The molecule has 1 amide bonds. The lowest BCUT2D eigenvalue weighted by molar-refractivity contribution is 0.0976. The summed E-state index contributed by atoms with van der Waals surface area (Å²) in [4.78, 5) is 12.1. The van der Waals surface area contributed by atoms with E-state index in [1.165, 1.54) is 12.1 Å². The van der Waals surface area contributed by atoms with Gasteiger partial charge in [0.25, 0.3) is 5.91 Å². The number of hydrogen-bond acceptors (Lipinski definition) is 4. The van der Waals surface area contributed by atoms with Crippen LogP contribution in [0.2, 0.25) is 0 Å². The predicted octanol–water partition coefficient (Wildman–Crippen LogP) is 3.38. The SMILES string of the molecule is CCOc1cc(C(=O)NC(N)=S)cc(I)c1OCc1cccc(F)c1. The third-order valence-electron chi connectivity index (χ3n) is 3.08. The molecule has 0 saturated carbocycles. The van der Waals surface area contributed by atoms with Crippen LogP contribution in [-0.2, 0) is 6.61 Å². The summed E-state index contributed by atoms with van der Waals surface area (Å²) in [6.07, 6.45) is 0. The van der Waals surface area contributed by atoms with Crippen molar-refractivity contribution in [3.63, 3.8) is 0 Å². The number of ether oxygens (including phenoxy) is 2. The quantitative estimate of drug-likeness (QED) is 0.496. The fourth-order valence-corrected chi connectivity index (χ4v) is 2.92. The maximum atomic E-state index is 13.3. The minimum absolute atomic E-state index is 0.107. The first kappa shape index (κ1) is 19.4. The van der Waals surface area contributed by atoms with Gasteiger partial charge in [-0.3, -0.25) is 10.1 Å². The van der Waals surface area contributed by atoms with Gasteiger partial charge in [0.1, 0.15) is 12.4 Å². The van der Waals surface area contributed by atoms with Crippen molar-refractivity contribution in [2.45, 2.75) is 13.5 Å². The lowest BCUT2D eigenvalue weighted by Gasteiger charge is -2.15. The van der Waals surface area contributed by atoms with Gasteiger partial charge in [-0.05, 0) is 71.6 Å². The Kier molecular flexibility index (Phi) is 6.94. The van der Waals surface area contributed by atoms with Crippen LogP contribution < -0.4 is 20.5 Å². The Balaban J connectivity index is 2.27. The Morgan fingerprint density at radius 3 is 2.72 bits per heavy atom. The molecular weight excluding hydrogens is 458 g/mol. The van der Waals surface area contributed by atoms with E-state index in [2.05, 4.69) is 17.5 Å². The first-order valence-corrected chi connectivity index (χ1v) is 8.83. The van der Waals surface area contributed by atoms with E-state index >= 15 is 0 Å². The average molecular weight is 474 g/mol. The highest BCUT2D eigenvalue weighted by Crippen LogP contribution is 2.35. The second-order valence-electron chi connectivity index (χ2n) is 4.96. The monoisotopic (exact) mass is 474 g/mol. The van der Waals surface area contributed by atoms with Crippen molar-refractivity contribution in [2.24, 2.45) is 5.73 Å². The van der Waals surface area contributed by atoms with Crippen molar-refractivity contribution in [1.29, 1.82) is 0 Å². The molecule has 0 aliphatic carbocycles. The number of thiocarbonyl (C=S) groups is 1. The maximum absolute atomic E-state index is 13.3. The largest absolute Gasteiger partial charge is 0.490 e. The zero-order valence-electron chi connectivity index (χ0n) is 13.3. The summed E-state index contributed by atoms with van der Waals surface area (Å²) in [5, 5.41) is 2.26. The maximum Gasteiger partial charge on any atom is 0.257 e.